The zero-order valence-electron chi connectivity index (χ0n) is 9.10. The molecule has 0 radical (unpaired) electrons. The Bertz CT molecular complexity index is 140. The molecule has 0 aromatic heterocycles. The molecule has 13 heavy (non-hydrogen) atoms. The molecule has 78 valence electrons. The van der Waals surface area contributed by atoms with E-state index in [1.165, 1.54) is 37.6 Å². The van der Waals surface area contributed by atoms with Crippen LogP contribution in [0.25, 0.3) is 0 Å². The summed E-state index contributed by atoms with van der Waals surface area (Å²) in [6, 6.07) is 0. The average molecular weight is 202 g/mol. The van der Waals surface area contributed by atoms with Gasteiger partial charge in [0, 0.05) is 24.4 Å². The highest BCUT2D eigenvalue weighted by Gasteiger charge is 2.19. The van der Waals surface area contributed by atoms with Crippen molar-refractivity contribution < 1.29 is 0 Å². The number of nitrogens with one attached hydrogen (secondary N) is 1. The maximum Gasteiger partial charge on any atom is 0.0249 e. The van der Waals surface area contributed by atoms with E-state index in [0.29, 0.717) is 0 Å². The van der Waals surface area contributed by atoms with Gasteiger partial charge in [-0.05, 0) is 39.6 Å². The molecule has 2 nitrogen and oxygen atoms in total. The fourth-order valence-electron chi connectivity index (χ4n) is 1.59. The highest BCUT2D eigenvalue weighted by Crippen LogP contribution is 2.12. The number of thioether (sulfide) groups is 1. The molecule has 0 atom stereocenters. The van der Waals surface area contributed by atoms with E-state index in [-0.39, 0.29) is 5.54 Å². The Hall–Kier alpha value is 0.270. The monoisotopic (exact) mass is 202 g/mol. The second kappa shape index (κ2) is 5.23. The second-order valence-electron chi connectivity index (χ2n) is 4.38. The first-order valence-electron chi connectivity index (χ1n) is 5.13. The Labute approximate surface area is 86.5 Å². The molecule has 3 heteroatoms. The van der Waals surface area contributed by atoms with Gasteiger partial charge in [0.05, 0.1) is 0 Å². The number of rotatable bonds is 3. The van der Waals surface area contributed by atoms with Crippen LogP contribution in [0.5, 0.6) is 0 Å². The lowest BCUT2D eigenvalue weighted by Crippen LogP contribution is -2.48. The van der Waals surface area contributed by atoms with Gasteiger partial charge in [-0.2, -0.15) is 11.8 Å². The lowest BCUT2D eigenvalue weighted by Gasteiger charge is -2.31. The lowest BCUT2D eigenvalue weighted by atomic mass is 10.1. The summed E-state index contributed by atoms with van der Waals surface area (Å²) in [7, 11) is 2.05. The SMILES string of the molecule is CNC(C)(C)CN1CCCSCC1. The number of hydrogen-bond acceptors (Lipinski definition) is 3. The molecule has 0 spiro atoms. The second-order valence-corrected chi connectivity index (χ2v) is 5.60. The van der Waals surface area contributed by atoms with Crippen LogP contribution in [0.2, 0.25) is 0 Å². The van der Waals surface area contributed by atoms with Gasteiger partial charge in [0.2, 0.25) is 0 Å². The van der Waals surface area contributed by atoms with Gasteiger partial charge in [-0.25, -0.2) is 0 Å². The summed E-state index contributed by atoms with van der Waals surface area (Å²) in [6.07, 6.45) is 1.35. The van der Waals surface area contributed by atoms with Crippen LogP contribution in [-0.2, 0) is 0 Å². The van der Waals surface area contributed by atoms with Crippen LogP contribution in [0.3, 0.4) is 0 Å². The van der Waals surface area contributed by atoms with Crippen molar-refractivity contribution in [3.05, 3.63) is 0 Å². The number of nitrogens with zero attached hydrogens (tertiary/aromatic N) is 1. The maximum atomic E-state index is 3.36. The van der Waals surface area contributed by atoms with Crippen molar-refractivity contribution in [1.82, 2.24) is 10.2 Å². The van der Waals surface area contributed by atoms with Crippen molar-refractivity contribution in [2.75, 3.05) is 38.2 Å². The zero-order valence-corrected chi connectivity index (χ0v) is 9.91. The van der Waals surface area contributed by atoms with E-state index < -0.39 is 0 Å². The third-order valence-electron chi connectivity index (χ3n) is 2.61. The minimum absolute atomic E-state index is 0.259. The molecule has 1 aliphatic heterocycles. The molecule has 0 saturated carbocycles. The van der Waals surface area contributed by atoms with Crippen LogP contribution in [0, 0.1) is 0 Å². The van der Waals surface area contributed by atoms with Crippen molar-refractivity contribution in [1.29, 1.82) is 0 Å². The molecule has 0 bridgehead atoms. The molecule has 0 aliphatic carbocycles. The molecule has 0 unspecified atom stereocenters. The molecule has 1 N–H and O–H groups in total. The van der Waals surface area contributed by atoms with Gasteiger partial charge in [-0.15, -0.1) is 0 Å². The topological polar surface area (TPSA) is 15.3 Å². The van der Waals surface area contributed by atoms with E-state index in [2.05, 4.69) is 35.8 Å². The van der Waals surface area contributed by atoms with E-state index in [0.717, 1.165) is 0 Å². The Kier molecular flexibility index (Phi) is 4.56. The van der Waals surface area contributed by atoms with Gasteiger partial charge in [-0.3, -0.25) is 0 Å². The van der Waals surface area contributed by atoms with Crippen molar-refractivity contribution >= 4 is 11.8 Å². The van der Waals surface area contributed by atoms with Gasteiger partial charge in [0.25, 0.3) is 0 Å². The van der Waals surface area contributed by atoms with E-state index in [1.54, 1.807) is 0 Å². The minimum Gasteiger partial charge on any atom is -0.314 e. The fourth-order valence-corrected chi connectivity index (χ4v) is 2.52. The van der Waals surface area contributed by atoms with E-state index in [1.807, 2.05) is 7.05 Å². The predicted molar refractivity (Wildman–Crippen MR) is 61.5 cm³/mol. The molecular weight excluding hydrogens is 180 g/mol. The van der Waals surface area contributed by atoms with Crippen molar-refractivity contribution in [3.8, 4) is 0 Å². The summed E-state index contributed by atoms with van der Waals surface area (Å²) in [6.45, 7) is 8.24. The summed E-state index contributed by atoms with van der Waals surface area (Å²) >= 11 is 2.09. The summed E-state index contributed by atoms with van der Waals surface area (Å²) in [5.41, 5.74) is 0.259. The molecule has 0 amide bonds. The van der Waals surface area contributed by atoms with E-state index >= 15 is 0 Å². The predicted octanol–water partition coefficient (Wildman–Crippen LogP) is 1.42. The molecule has 0 aromatic rings. The summed E-state index contributed by atoms with van der Waals surface area (Å²) < 4.78 is 0. The Balaban J connectivity index is 2.33. The van der Waals surface area contributed by atoms with Crippen LogP contribution in [0.15, 0.2) is 0 Å². The highest BCUT2D eigenvalue weighted by atomic mass is 32.2. The summed E-state index contributed by atoms with van der Waals surface area (Å²) in [5.74, 6) is 2.65. The quantitative estimate of drug-likeness (QED) is 0.745. The lowest BCUT2D eigenvalue weighted by molar-refractivity contribution is 0.220. The molecule has 1 rings (SSSR count). The Morgan fingerprint density at radius 2 is 2.08 bits per heavy atom. The Morgan fingerprint density at radius 1 is 1.31 bits per heavy atom. The van der Waals surface area contributed by atoms with E-state index in [9.17, 15) is 0 Å². The largest absolute Gasteiger partial charge is 0.314 e. The van der Waals surface area contributed by atoms with Gasteiger partial charge in [0.15, 0.2) is 0 Å². The van der Waals surface area contributed by atoms with E-state index in [4.69, 9.17) is 0 Å². The van der Waals surface area contributed by atoms with Gasteiger partial charge < -0.3 is 10.2 Å². The summed E-state index contributed by atoms with van der Waals surface area (Å²) in [4.78, 5) is 2.58. The Morgan fingerprint density at radius 3 is 2.77 bits per heavy atom. The third-order valence-corrected chi connectivity index (χ3v) is 3.66. The first-order chi connectivity index (χ1) is 6.14. The average Bonchev–Trinajstić information content (AvgIpc) is 2.32. The molecular formula is C10H22N2S. The maximum absolute atomic E-state index is 3.36. The minimum atomic E-state index is 0.259. The van der Waals surface area contributed by atoms with Crippen molar-refractivity contribution in [2.24, 2.45) is 0 Å². The van der Waals surface area contributed by atoms with Gasteiger partial charge >= 0.3 is 0 Å². The fraction of sp³-hybridized carbons (Fsp3) is 1.00. The normalized spacial score (nSPS) is 21.5. The van der Waals surface area contributed by atoms with Gasteiger partial charge in [0.1, 0.15) is 0 Å². The first kappa shape index (κ1) is 11.3. The highest BCUT2D eigenvalue weighted by molar-refractivity contribution is 7.99. The molecule has 1 aliphatic rings. The molecule has 1 fully saturated rings. The summed E-state index contributed by atoms with van der Waals surface area (Å²) in [5, 5.41) is 3.36. The standard InChI is InChI=1S/C10H22N2S/c1-10(2,11-3)9-12-5-4-7-13-8-6-12/h11H,4-9H2,1-3H3. The molecule has 0 aromatic carbocycles. The van der Waals surface area contributed by atoms with Crippen LogP contribution in [0.1, 0.15) is 20.3 Å². The zero-order chi connectivity index (χ0) is 9.73. The van der Waals surface area contributed by atoms with Crippen LogP contribution < -0.4 is 5.32 Å². The van der Waals surface area contributed by atoms with Crippen LogP contribution in [0.4, 0.5) is 0 Å². The van der Waals surface area contributed by atoms with Crippen molar-refractivity contribution in [2.45, 2.75) is 25.8 Å². The third kappa shape index (κ3) is 4.34. The van der Waals surface area contributed by atoms with Gasteiger partial charge in [-0.1, -0.05) is 0 Å². The van der Waals surface area contributed by atoms with Crippen LogP contribution >= 0.6 is 11.8 Å². The number of likely N-dealkylation sites (N-methyl/N-ethyl adjacent to an activating group) is 1. The smallest absolute Gasteiger partial charge is 0.0249 e. The van der Waals surface area contributed by atoms with Crippen LogP contribution in [-0.4, -0.2) is 48.6 Å². The molecule has 1 saturated heterocycles. The number of hydrogen-bond donors (Lipinski definition) is 1. The van der Waals surface area contributed by atoms with Crippen molar-refractivity contribution in [3.63, 3.8) is 0 Å². The molecule has 1 heterocycles. The first-order valence-corrected chi connectivity index (χ1v) is 6.28.